The number of benzene rings is 1. The zero-order valence-corrected chi connectivity index (χ0v) is 13.1. The molecular weight excluding hydrogens is 284 g/mol. The number of hydrogen-bond donors (Lipinski definition) is 2. The van der Waals surface area contributed by atoms with E-state index in [1.165, 1.54) is 7.05 Å². The number of carbonyl (C=O) groups excluding carboxylic acids is 2. The molecule has 1 aromatic carbocycles. The maximum absolute atomic E-state index is 12.4. The zero-order valence-electron chi connectivity index (χ0n) is 13.1. The van der Waals surface area contributed by atoms with Crippen LogP contribution in [0.1, 0.15) is 31.9 Å². The Bertz CT molecular complexity index is 528. The Kier molecular flexibility index (Phi) is 6.56. The minimum absolute atomic E-state index is 0.170. The van der Waals surface area contributed by atoms with E-state index in [2.05, 4.69) is 5.32 Å². The Morgan fingerprint density at radius 2 is 1.77 bits per heavy atom. The molecule has 0 radical (unpaired) electrons. The third kappa shape index (κ3) is 5.55. The van der Waals surface area contributed by atoms with Crippen molar-refractivity contribution >= 4 is 17.8 Å². The third-order valence-corrected chi connectivity index (χ3v) is 3.03. The van der Waals surface area contributed by atoms with Gasteiger partial charge in [0, 0.05) is 13.5 Å². The van der Waals surface area contributed by atoms with Crippen molar-refractivity contribution in [3.05, 3.63) is 35.9 Å². The van der Waals surface area contributed by atoms with Crippen LogP contribution in [-0.4, -0.2) is 41.4 Å². The largest absolute Gasteiger partial charge is 0.480 e. The second kappa shape index (κ2) is 8.17. The van der Waals surface area contributed by atoms with Crippen LogP contribution in [0.15, 0.2) is 30.3 Å². The summed E-state index contributed by atoms with van der Waals surface area (Å²) in [4.78, 5) is 36.3. The Morgan fingerprint density at radius 3 is 2.27 bits per heavy atom. The lowest BCUT2D eigenvalue weighted by Gasteiger charge is -2.24. The predicted molar refractivity (Wildman–Crippen MR) is 82.1 cm³/mol. The number of carboxylic acids is 1. The molecule has 2 amide bonds. The molecule has 0 bridgehead atoms. The van der Waals surface area contributed by atoms with Crippen LogP contribution in [0, 0.1) is 5.92 Å². The van der Waals surface area contributed by atoms with E-state index < -0.39 is 24.5 Å². The van der Waals surface area contributed by atoms with E-state index in [0.29, 0.717) is 12.0 Å². The van der Waals surface area contributed by atoms with Gasteiger partial charge in [0.2, 0.25) is 11.8 Å². The van der Waals surface area contributed by atoms with E-state index in [1.54, 1.807) is 24.3 Å². The summed E-state index contributed by atoms with van der Waals surface area (Å²) < 4.78 is 0. The number of nitrogens with zero attached hydrogens (tertiary/aromatic N) is 1. The summed E-state index contributed by atoms with van der Waals surface area (Å²) in [5.41, 5.74) is 0.627. The van der Waals surface area contributed by atoms with Crippen molar-refractivity contribution in [2.45, 2.75) is 26.3 Å². The summed E-state index contributed by atoms with van der Waals surface area (Å²) in [7, 11) is 1.40. The van der Waals surface area contributed by atoms with Crippen molar-refractivity contribution in [2.24, 2.45) is 5.92 Å². The van der Waals surface area contributed by atoms with Crippen LogP contribution in [0.5, 0.6) is 0 Å². The minimum atomic E-state index is -1.10. The lowest BCUT2D eigenvalue weighted by Crippen LogP contribution is -2.43. The first-order valence-electron chi connectivity index (χ1n) is 7.12. The van der Waals surface area contributed by atoms with Crippen LogP contribution in [0.4, 0.5) is 0 Å². The van der Waals surface area contributed by atoms with Gasteiger partial charge in [-0.3, -0.25) is 14.4 Å². The molecule has 0 aromatic heterocycles. The highest BCUT2D eigenvalue weighted by Gasteiger charge is 2.26. The van der Waals surface area contributed by atoms with Crippen molar-refractivity contribution in [3.63, 3.8) is 0 Å². The van der Waals surface area contributed by atoms with E-state index in [4.69, 9.17) is 5.11 Å². The van der Waals surface area contributed by atoms with Crippen LogP contribution in [0.2, 0.25) is 0 Å². The summed E-state index contributed by atoms with van der Waals surface area (Å²) in [5, 5.41) is 11.5. The summed E-state index contributed by atoms with van der Waals surface area (Å²) in [6.07, 6.45) is 0.305. The number of carbonyl (C=O) groups is 3. The highest BCUT2D eigenvalue weighted by Crippen LogP contribution is 2.16. The maximum Gasteiger partial charge on any atom is 0.323 e. The average Bonchev–Trinajstić information content (AvgIpc) is 2.43. The van der Waals surface area contributed by atoms with Gasteiger partial charge < -0.3 is 15.3 Å². The van der Waals surface area contributed by atoms with Gasteiger partial charge in [0.1, 0.15) is 12.6 Å². The highest BCUT2D eigenvalue weighted by molar-refractivity contribution is 5.90. The van der Waals surface area contributed by atoms with Crippen LogP contribution in [0.3, 0.4) is 0 Å². The summed E-state index contributed by atoms with van der Waals surface area (Å²) in [6.45, 7) is 3.41. The molecule has 0 heterocycles. The van der Waals surface area contributed by atoms with E-state index in [-0.39, 0.29) is 11.8 Å². The van der Waals surface area contributed by atoms with Gasteiger partial charge in [-0.25, -0.2) is 0 Å². The number of rotatable bonds is 7. The topological polar surface area (TPSA) is 86.7 Å². The van der Waals surface area contributed by atoms with Gasteiger partial charge in [-0.1, -0.05) is 44.2 Å². The number of likely N-dealkylation sites (N-methyl/N-ethyl adjacent to an activating group) is 1. The maximum atomic E-state index is 12.4. The van der Waals surface area contributed by atoms with E-state index in [9.17, 15) is 14.4 Å². The Balaban J connectivity index is 2.94. The van der Waals surface area contributed by atoms with Crippen molar-refractivity contribution in [1.29, 1.82) is 0 Å². The van der Waals surface area contributed by atoms with Gasteiger partial charge in [0.05, 0.1) is 0 Å². The molecule has 22 heavy (non-hydrogen) atoms. The number of amides is 2. The molecule has 0 aliphatic heterocycles. The quantitative estimate of drug-likeness (QED) is 0.798. The molecular formula is C16H22N2O4. The molecule has 0 saturated heterocycles. The first kappa shape index (κ1) is 17.7. The summed E-state index contributed by atoms with van der Waals surface area (Å²) in [5.74, 6) is -1.62. The monoisotopic (exact) mass is 306 g/mol. The summed E-state index contributed by atoms with van der Waals surface area (Å²) >= 11 is 0. The van der Waals surface area contributed by atoms with Crippen molar-refractivity contribution < 1.29 is 19.5 Å². The molecule has 0 fully saturated rings. The van der Waals surface area contributed by atoms with Crippen molar-refractivity contribution in [1.82, 2.24) is 10.2 Å². The number of hydrogen-bond acceptors (Lipinski definition) is 3. The lowest BCUT2D eigenvalue weighted by molar-refractivity contribution is -0.144. The Labute approximate surface area is 130 Å². The van der Waals surface area contributed by atoms with Gasteiger partial charge in [-0.2, -0.15) is 0 Å². The van der Waals surface area contributed by atoms with Gasteiger partial charge in [-0.15, -0.1) is 0 Å². The molecule has 120 valence electrons. The van der Waals surface area contributed by atoms with Gasteiger partial charge >= 0.3 is 5.97 Å². The van der Waals surface area contributed by atoms with E-state index >= 15 is 0 Å². The van der Waals surface area contributed by atoms with Crippen LogP contribution in [0.25, 0.3) is 0 Å². The predicted octanol–water partition coefficient (Wildman–Crippen LogP) is 1.43. The Hall–Kier alpha value is -2.37. The van der Waals surface area contributed by atoms with Gasteiger partial charge in [-0.05, 0) is 11.5 Å². The highest BCUT2D eigenvalue weighted by atomic mass is 16.4. The molecule has 2 N–H and O–H groups in total. The SMILES string of the molecule is CC(C)CC(=O)NC(C(=O)N(C)CC(=O)O)c1ccccc1. The molecule has 0 spiro atoms. The molecule has 0 saturated carbocycles. The second-order valence-electron chi connectivity index (χ2n) is 5.60. The number of nitrogens with one attached hydrogen (secondary N) is 1. The first-order valence-corrected chi connectivity index (χ1v) is 7.12. The second-order valence-corrected chi connectivity index (χ2v) is 5.60. The molecule has 6 nitrogen and oxygen atoms in total. The van der Waals surface area contributed by atoms with Gasteiger partial charge in [0.15, 0.2) is 0 Å². The average molecular weight is 306 g/mol. The fourth-order valence-electron chi connectivity index (χ4n) is 2.03. The fourth-order valence-corrected chi connectivity index (χ4v) is 2.03. The van der Waals surface area contributed by atoms with E-state index in [0.717, 1.165) is 4.90 Å². The standard InChI is InChI=1S/C16H22N2O4/c1-11(2)9-13(19)17-15(12-7-5-4-6-8-12)16(22)18(3)10-14(20)21/h4-8,11,15H,9-10H2,1-3H3,(H,17,19)(H,20,21). The van der Waals surface area contributed by atoms with Gasteiger partial charge in [0.25, 0.3) is 0 Å². The minimum Gasteiger partial charge on any atom is -0.480 e. The Morgan fingerprint density at radius 1 is 1.18 bits per heavy atom. The molecule has 6 heteroatoms. The first-order chi connectivity index (χ1) is 10.3. The van der Waals surface area contributed by atoms with Crippen LogP contribution >= 0.6 is 0 Å². The molecule has 1 rings (SSSR count). The van der Waals surface area contributed by atoms with Crippen LogP contribution < -0.4 is 5.32 Å². The number of carboxylic acid groups (broad SMARTS) is 1. The van der Waals surface area contributed by atoms with Crippen molar-refractivity contribution in [3.8, 4) is 0 Å². The molecule has 0 aliphatic rings. The lowest BCUT2D eigenvalue weighted by atomic mass is 10.0. The van der Waals surface area contributed by atoms with E-state index in [1.807, 2.05) is 19.9 Å². The molecule has 1 atom stereocenters. The van der Waals surface area contributed by atoms with Crippen molar-refractivity contribution in [2.75, 3.05) is 13.6 Å². The smallest absolute Gasteiger partial charge is 0.323 e. The summed E-state index contributed by atoms with van der Waals surface area (Å²) in [6, 6.07) is 7.92. The zero-order chi connectivity index (χ0) is 16.7. The molecule has 0 aliphatic carbocycles. The fraction of sp³-hybridized carbons (Fsp3) is 0.438. The van der Waals surface area contributed by atoms with Crippen LogP contribution in [-0.2, 0) is 14.4 Å². The molecule has 1 unspecified atom stereocenters. The third-order valence-electron chi connectivity index (χ3n) is 3.03. The molecule has 1 aromatic rings. The number of aliphatic carboxylic acids is 1. The normalized spacial score (nSPS) is 11.8.